The molecular weight excluding hydrogens is 446 g/mol. The van der Waals surface area contributed by atoms with Crippen molar-refractivity contribution in [3.8, 4) is 11.8 Å². The molecule has 1 amide bonds. The Kier molecular flexibility index (Phi) is 7.30. The summed E-state index contributed by atoms with van der Waals surface area (Å²) >= 11 is 0. The molecule has 0 saturated carbocycles. The predicted octanol–water partition coefficient (Wildman–Crippen LogP) is 2.62. The minimum absolute atomic E-state index is 0.0335. The molecule has 0 saturated heterocycles. The van der Waals surface area contributed by atoms with Crippen LogP contribution in [0.25, 0.3) is 5.69 Å². The zero-order valence-corrected chi connectivity index (χ0v) is 17.8. The van der Waals surface area contributed by atoms with E-state index in [1.165, 1.54) is 10.9 Å². The van der Waals surface area contributed by atoms with Gasteiger partial charge < -0.3 is 14.8 Å². The number of benzene rings is 2. The van der Waals surface area contributed by atoms with Gasteiger partial charge in [0.1, 0.15) is 11.6 Å². The Labute approximate surface area is 192 Å². The van der Waals surface area contributed by atoms with Crippen LogP contribution in [0.2, 0.25) is 0 Å². The van der Waals surface area contributed by atoms with Crippen molar-refractivity contribution in [2.24, 2.45) is 0 Å². The van der Waals surface area contributed by atoms with Crippen molar-refractivity contribution in [3.05, 3.63) is 81.5 Å². The van der Waals surface area contributed by atoms with Gasteiger partial charge in [-0.15, -0.1) is 0 Å². The predicted molar refractivity (Wildman–Crippen MR) is 116 cm³/mol. The van der Waals surface area contributed by atoms with Crippen molar-refractivity contribution in [2.45, 2.75) is 6.92 Å². The number of amides is 1. The van der Waals surface area contributed by atoms with Crippen molar-refractivity contribution in [1.82, 2.24) is 9.78 Å². The van der Waals surface area contributed by atoms with Gasteiger partial charge in [-0.25, -0.2) is 14.3 Å². The Morgan fingerprint density at radius 1 is 1.12 bits per heavy atom. The molecule has 0 fully saturated rings. The summed E-state index contributed by atoms with van der Waals surface area (Å²) in [6, 6.07) is 13.6. The first-order valence-electron chi connectivity index (χ1n) is 9.81. The van der Waals surface area contributed by atoms with E-state index in [0.29, 0.717) is 5.69 Å². The third-order valence-corrected chi connectivity index (χ3v) is 4.36. The zero-order chi connectivity index (χ0) is 24.7. The van der Waals surface area contributed by atoms with E-state index in [0.717, 1.165) is 18.2 Å². The Morgan fingerprint density at radius 3 is 2.35 bits per heavy atom. The number of esters is 2. The lowest BCUT2D eigenvalue weighted by molar-refractivity contribution is -0.384. The summed E-state index contributed by atoms with van der Waals surface area (Å²) in [7, 11) is 0. The molecule has 0 atom stereocenters. The number of carbonyl (C=O) groups excluding carboxylic acids is 3. The van der Waals surface area contributed by atoms with Gasteiger partial charge in [-0.1, -0.05) is 18.2 Å². The number of carbonyl (C=O) groups is 3. The first-order chi connectivity index (χ1) is 16.3. The highest BCUT2D eigenvalue weighted by atomic mass is 16.6. The average molecular weight is 463 g/mol. The SMILES string of the molecule is CCOC(=O)c1cc(C(=O)OCC(=O)Nc2c(C#N)cnn2-c2ccccc2)cc([N+](=O)[O-])c1. The Morgan fingerprint density at radius 2 is 1.76 bits per heavy atom. The fourth-order valence-electron chi connectivity index (χ4n) is 2.86. The number of rotatable bonds is 8. The van der Waals surface area contributed by atoms with Crippen molar-refractivity contribution in [1.29, 1.82) is 5.26 Å². The third kappa shape index (κ3) is 5.40. The molecule has 12 nitrogen and oxygen atoms in total. The standard InChI is InChI=1S/C22H17N5O7/c1-2-33-21(29)14-8-15(10-18(9-14)27(31)32)22(30)34-13-19(28)25-20-16(11-23)12-24-26(20)17-6-4-3-5-7-17/h3-10,12H,2,13H2,1H3,(H,25,28). The number of hydrogen-bond acceptors (Lipinski definition) is 9. The maximum Gasteiger partial charge on any atom is 0.338 e. The molecule has 0 aliphatic carbocycles. The average Bonchev–Trinajstić information content (AvgIpc) is 3.25. The minimum Gasteiger partial charge on any atom is -0.462 e. The number of nitriles is 1. The monoisotopic (exact) mass is 463 g/mol. The van der Waals surface area contributed by atoms with Gasteiger partial charge in [0.25, 0.3) is 11.6 Å². The van der Waals surface area contributed by atoms with Crippen LogP contribution in [-0.4, -0.2) is 45.8 Å². The van der Waals surface area contributed by atoms with E-state index < -0.39 is 35.1 Å². The fourth-order valence-corrected chi connectivity index (χ4v) is 2.86. The largest absolute Gasteiger partial charge is 0.462 e. The van der Waals surface area contributed by atoms with E-state index in [-0.39, 0.29) is 29.1 Å². The number of hydrogen-bond donors (Lipinski definition) is 1. The molecule has 172 valence electrons. The molecule has 12 heteroatoms. The maximum atomic E-state index is 12.4. The summed E-state index contributed by atoms with van der Waals surface area (Å²) < 4.78 is 11.1. The van der Waals surface area contributed by atoms with Gasteiger partial charge in [0.15, 0.2) is 12.4 Å². The molecule has 0 bridgehead atoms. The Hall–Kier alpha value is -5.05. The quantitative estimate of drug-likeness (QED) is 0.300. The van der Waals surface area contributed by atoms with E-state index in [9.17, 15) is 29.8 Å². The van der Waals surface area contributed by atoms with E-state index >= 15 is 0 Å². The normalized spacial score (nSPS) is 10.1. The summed E-state index contributed by atoms with van der Waals surface area (Å²) in [4.78, 5) is 47.2. The molecule has 2 aromatic carbocycles. The molecule has 0 aliphatic rings. The van der Waals surface area contributed by atoms with Crippen LogP contribution in [0.15, 0.2) is 54.7 Å². The number of nitrogens with one attached hydrogen (secondary N) is 1. The minimum atomic E-state index is -1.07. The molecule has 0 unspecified atom stereocenters. The van der Waals surface area contributed by atoms with Crippen molar-refractivity contribution in [3.63, 3.8) is 0 Å². The number of non-ortho nitro benzene ring substituents is 1. The zero-order valence-electron chi connectivity index (χ0n) is 17.8. The number of para-hydroxylation sites is 1. The van der Waals surface area contributed by atoms with Gasteiger partial charge in [0, 0.05) is 12.1 Å². The van der Waals surface area contributed by atoms with Crippen molar-refractivity contribution < 1.29 is 28.8 Å². The molecule has 0 aliphatic heterocycles. The molecule has 0 spiro atoms. The second-order valence-electron chi connectivity index (χ2n) is 6.64. The molecule has 34 heavy (non-hydrogen) atoms. The van der Waals surface area contributed by atoms with Gasteiger partial charge in [-0.3, -0.25) is 14.9 Å². The number of nitro groups is 1. The number of aromatic nitrogens is 2. The van der Waals surface area contributed by atoms with Crippen molar-refractivity contribution >= 4 is 29.4 Å². The molecule has 1 N–H and O–H groups in total. The van der Waals surface area contributed by atoms with Crippen LogP contribution >= 0.6 is 0 Å². The summed E-state index contributed by atoms with van der Waals surface area (Å²) in [5.74, 6) is -2.62. The molecule has 0 radical (unpaired) electrons. The van der Waals surface area contributed by atoms with E-state index in [1.54, 1.807) is 37.3 Å². The number of anilines is 1. The van der Waals surface area contributed by atoms with Crippen LogP contribution in [0, 0.1) is 21.4 Å². The van der Waals surface area contributed by atoms with E-state index in [4.69, 9.17) is 9.47 Å². The van der Waals surface area contributed by atoms with Gasteiger partial charge in [-0.05, 0) is 25.1 Å². The summed E-state index contributed by atoms with van der Waals surface area (Å²) in [5, 5.41) is 27.0. The Balaban J connectivity index is 1.75. The van der Waals surface area contributed by atoms with Crippen molar-refractivity contribution in [2.75, 3.05) is 18.5 Å². The lowest BCUT2D eigenvalue weighted by Gasteiger charge is -2.10. The highest BCUT2D eigenvalue weighted by molar-refractivity contribution is 5.98. The van der Waals surface area contributed by atoms with Gasteiger partial charge in [0.2, 0.25) is 0 Å². The van der Waals surface area contributed by atoms with Crippen LogP contribution < -0.4 is 5.32 Å². The Bertz CT molecular complexity index is 1290. The van der Waals surface area contributed by atoms with E-state index in [2.05, 4.69) is 10.4 Å². The molecule has 3 aromatic rings. The first-order valence-corrected chi connectivity index (χ1v) is 9.81. The summed E-state index contributed by atoms with van der Waals surface area (Å²) in [6.45, 7) is 0.831. The molecule has 1 heterocycles. The summed E-state index contributed by atoms with van der Waals surface area (Å²) in [5.41, 5.74) is -0.372. The van der Waals surface area contributed by atoms with Crippen LogP contribution in [-0.2, 0) is 14.3 Å². The number of nitrogens with zero attached hydrogens (tertiary/aromatic N) is 4. The van der Waals surface area contributed by atoms with Gasteiger partial charge in [0.05, 0.1) is 34.5 Å². The molecule has 1 aromatic heterocycles. The first kappa shape index (κ1) is 23.6. The van der Waals surface area contributed by atoms with Crippen LogP contribution in [0.4, 0.5) is 11.5 Å². The highest BCUT2D eigenvalue weighted by Gasteiger charge is 2.21. The summed E-state index contributed by atoms with van der Waals surface area (Å²) in [6.07, 6.45) is 1.27. The van der Waals surface area contributed by atoms with Crippen LogP contribution in [0.5, 0.6) is 0 Å². The van der Waals surface area contributed by atoms with Crippen LogP contribution in [0.3, 0.4) is 0 Å². The van der Waals surface area contributed by atoms with Gasteiger partial charge in [-0.2, -0.15) is 10.4 Å². The maximum absolute atomic E-state index is 12.4. The van der Waals surface area contributed by atoms with Crippen LogP contribution in [0.1, 0.15) is 33.2 Å². The molecular formula is C22H17N5O7. The number of nitro benzene ring substituents is 1. The fraction of sp³-hybridized carbons (Fsp3) is 0.136. The van der Waals surface area contributed by atoms with E-state index in [1.807, 2.05) is 6.07 Å². The lowest BCUT2D eigenvalue weighted by atomic mass is 10.1. The lowest BCUT2D eigenvalue weighted by Crippen LogP contribution is -2.23. The second-order valence-corrected chi connectivity index (χ2v) is 6.64. The molecule has 3 rings (SSSR count). The van der Waals surface area contributed by atoms with Gasteiger partial charge >= 0.3 is 11.9 Å². The highest BCUT2D eigenvalue weighted by Crippen LogP contribution is 2.21. The topological polar surface area (TPSA) is 166 Å². The third-order valence-electron chi connectivity index (χ3n) is 4.36. The number of ether oxygens (including phenoxy) is 2. The second kappa shape index (κ2) is 10.5. The smallest absolute Gasteiger partial charge is 0.338 e.